The number of hydrogen-bond donors (Lipinski definition) is 3. The number of aromatic nitrogens is 2. The van der Waals surface area contributed by atoms with E-state index < -0.39 is 12.0 Å². The average molecular weight is 329 g/mol. The van der Waals surface area contributed by atoms with Crippen molar-refractivity contribution in [3.63, 3.8) is 0 Å². The van der Waals surface area contributed by atoms with Gasteiger partial charge in [-0.3, -0.25) is 4.68 Å². The molecular formula is C12H10Cl2N4O3. The molecule has 1 aromatic heterocycles. The highest BCUT2D eigenvalue weighted by Crippen LogP contribution is 2.30. The molecule has 0 radical (unpaired) electrons. The largest absolute Gasteiger partial charge is 0.478 e. The second-order valence-electron chi connectivity index (χ2n) is 4.10. The lowest BCUT2D eigenvalue weighted by Crippen LogP contribution is -2.21. The molecule has 21 heavy (non-hydrogen) atoms. The second-order valence-corrected chi connectivity index (χ2v) is 4.94. The van der Waals surface area contributed by atoms with E-state index in [1.165, 1.54) is 23.0 Å². The minimum Gasteiger partial charge on any atom is -0.478 e. The van der Waals surface area contributed by atoms with Crippen molar-refractivity contribution < 1.29 is 14.7 Å². The topological polar surface area (TPSA) is 96.2 Å². The fraction of sp³-hybridized carbons (Fsp3) is 0.0833. The maximum absolute atomic E-state index is 11.9. The number of hydrogen-bond acceptors (Lipinski definition) is 3. The lowest BCUT2D eigenvalue weighted by Gasteiger charge is -2.11. The lowest BCUT2D eigenvalue weighted by molar-refractivity contribution is 0.0698. The summed E-state index contributed by atoms with van der Waals surface area (Å²) in [5, 5.41) is 18.1. The van der Waals surface area contributed by atoms with Crippen molar-refractivity contribution in [3.05, 3.63) is 40.1 Å². The Hall–Kier alpha value is -2.25. The Morgan fingerprint density at radius 2 is 2.00 bits per heavy atom. The van der Waals surface area contributed by atoms with Gasteiger partial charge in [-0.2, -0.15) is 5.10 Å². The van der Waals surface area contributed by atoms with E-state index in [1.807, 2.05) is 0 Å². The van der Waals surface area contributed by atoms with E-state index in [9.17, 15) is 9.59 Å². The van der Waals surface area contributed by atoms with Gasteiger partial charge in [-0.05, 0) is 12.1 Å². The summed E-state index contributed by atoms with van der Waals surface area (Å²) in [5.74, 6) is -1.25. The maximum Gasteiger partial charge on any atom is 0.337 e. The minimum atomic E-state index is -1.25. The van der Waals surface area contributed by atoms with Crippen LogP contribution in [0.4, 0.5) is 16.2 Å². The number of carboxylic acid groups (broad SMARTS) is 1. The third-order valence-electron chi connectivity index (χ3n) is 2.49. The Morgan fingerprint density at radius 3 is 2.57 bits per heavy atom. The zero-order valence-corrected chi connectivity index (χ0v) is 12.2. The van der Waals surface area contributed by atoms with Crippen molar-refractivity contribution in [2.75, 3.05) is 10.6 Å². The van der Waals surface area contributed by atoms with Gasteiger partial charge < -0.3 is 15.7 Å². The van der Waals surface area contributed by atoms with E-state index in [-0.39, 0.29) is 21.3 Å². The lowest BCUT2D eigenvalue weighted by atomic mass is 10.2. The van der Waals surface area contributed by atoms with Gasteiger partial charge in [-0.1, -0.05) is 23.2 Å². The van der Waals surface area contributed by atoms with Gasteiger partial charge in [-0.25, -0.2) is 9.59 Å². The highest BCUT2D eigenvalue weighted by atomic mass is 35.5. The summed E-state index contributed by atoms with van der Waals surface area (Å²) >= 11 is 11.7. The van der Waals surface area contributed by atoms with Crippen LogP contribution in [0.3, 0.4) is 0 Å². The summed E-state index contributed by atoms with van der Waals surface area (Å²) in [4.78, 5) is 23.0. The minimum absolute atomic E-state index is 0.0289. The Morgan fingerprint density at radius 1 is 1.29 bits per heavy atom. The molecule has 0 aliphatic heterocycles. The molecule has 2 amide bonds. The standard InChI is InChI=1S/C12H10Cl2N4O3/c1-18-5-7(4-15-18)16-12(21)17-10-8(11(19)20)2-6(13)3-9(10)14/h2-5H,1H3,(H,19,20)(H2,16,17,21). The molecule has 0 saturated heterocycles. The van der Waals surface area contributed by atoms with Crippen LogP contribution >= 0.6 is 23.2 Å². The number of anilines is 2. The Kier molecular flexibility index (Phi) is 4.35. The molecule has 1 aromatic carbocycles. The Balaban J connectivity index is 2.22. The van der Waals surface area contributed by atoms with Crippen LogP contribution in [0.1, 0.15) is 10.4 Å². The molecule has 0 atom stereocenters. The number of rotatable bonds is 3. The van der Waals surface area contributed by atoms with Crippen LogP contribution in [0.2, 0.25) is 10.0 Å². The van der Waals surface area contributed by atoms with Crippen LogP contribution in [0.5, 0.6) is 0 Å². The van der Waals surface area contributed by atoms with E-state index in [4.69, 9.17) is 28.3 Å². The predicted molar refractivity (Wildman–Crippen MR) is 79.3 cm³/mol. The van der Waals surface area contributed by atoms with Gasteiger partial charge in [0.1, 0.15) is 0 Å². The summed E-state index contributed by atoms with van der Waals surface area (Å²) in [5.41, 5.74) is 0.223. The maximum atomic E-state index is 11.9. The second kappa shape index (κ2) is 6.02. The number of carbonyl (C=O) groups is 2. The van der Waals surface area contributed by atoms with Gasteiger partial charge >= 0.3 is 12.0 Å². The number of nitrogens with zero attached hydrogens (tertiary/aromatic N) is 2. The third-order valence-corrected chi connectivity index (χ3v) is 3.00. The molecule has 7 nitrogen and oxygen atoms in total. The van der Waals surface area contributed by atoms with Crippen LogP contribution in [-0.4, -0.2) is 26.9 Å². The van der Waals surface area contributed by atoms with Crippen molar-refractivity contribution in [1.82, 2.24) is 9.78 Å². The summed E-state index contributed by atoms with van der Waals surface area (Å²) in [6.45, 7) is 0. The van der Waals surface area contributed by atoms with E-state index in [0.29, 0.717) is 5.69 Å². The summed E-state index contributed by atoms with van der Waals surface area (Å²) in [6, 6.07) is 1.90. The smallest absolute Gasteiger partial charge is 0.337 e. The molecule has 9 heteroatoms. The van der Waals surface area contributed by atoms with Gasteiger partial charge in [0.05, 0.1) is 28.2 Å². The van der Waals surface area contributed by atoms with Crippen LogP contribution < -0.4 is 10.6 Å². The van der Waals surface area contributed by atoms with E-state index >= 15 is 0 Å². The van der Waals surface area contributed by atoms with E-state index in [1.54, 1.807) is 13.2 Å². The molecule has 3 N–H and O–H groups in total. The first-order valence-corrected chi connectivity index (χ1v) is 6.41. The van der Waals surface area contributed by atoms with Crippen molar-refractivity contribution >= 4 is 46.6 Å². The first-order chi connectivity index (χ1) is 9.86. The number of benzene rings is 1. The van der Waals surface area contributed by atoms with Crippen molar-refractivity contribution in [1.29, 1.82) is 0 Å². The number of aryl methyl sites for hydroxylation is 1. The third kappa shape index (κ3) is 3.65. The van der Waals surface area contributed by atoms with Crippen LogP contribution in [0.15, 0.2) is 24.5 Å². The van der Waals surface area contributed by atoms with Gasteiger partial charge in [0, 0.05) is 18.3 Å². The molecular weight excluding hydrogens is 319 g/mol. The van der Waals surface area contributed by atoms with Crippen LogP contribution in [0.25, 0.3) is 0 Å². The molecule has 2 aromatic rings. The van der Waals surface area contributed by atoms with Gasteiger partial charge in [0.25, 0.3) is 0 Å². The average Bonchev–Trinajstić information content (AvgIpc) is 2.77. The SMILES string of the molecule is Cn1cc(NC(=O)Nc2c(Cl)cc(Cl)cc2C(=O)O)cn1. The van der Waals surface area contributed by atoms with Gasteiger partial charge in [0.15, 0.2) is 0 Å². The van der Waals surface area contributed by atoms with E-state index in [2.05, 4.69) is 15.7 Å². The normalized spacial score (nSPS) is 10.2. The Labute approximate surface area is 129 Å². The van der Waals surface area contributed by atoms with Crippen molar-refractivity contribution in [3.8, 4) is 0 Å². The molecule has 0 aliphatic carbocycles. The summed E-state index contributed by atoms with van der Waals surface area (Å²) in [7, 11) is 1.70. The zero-order valence-electron chi connectivity index (χ0n) is 10.7. The number of carbonyl (C=O) groups excluding carboxylic acids is 1. The molecule has 0 spiro atoms. The van der Waals surface area contributed by atoms with Crippen LogP contribution in [0, 0.1) is 0 Å². The fourth-order valence-corrected chi connectivity index (χ4v) is 2.17. The first kappa shape index (κ1) is 15.1. The fourth-order valence-electron chi connectivity index (χ4n) is 1.63. The number of nitrogens with one attached hydrogen (secondary N) is 2. The molecule has 0 saturated carbocycles. The zero-order chi connectivity index (χ0) is 15.6. The van der Waals surface area contributed by atoms with E-state index in [0.717, 1.165) is 0 Å². The van der Waals surface area contributed by atoms with Gasteiger partial charge in [-0.15, -0.1) is 0 Å². The van der Waals surface area contributed by atoms with Crippen LogP contribution in [-0.2, 0) is 7.05 Å². The number of urea groups is 1. The number of carboxylic acids is 1. The Bertz CT molecular complexity index is 715. The predicted octanol–water partition coefficient (Wildman–Crippen LogP) is 3.07. The summed E-state index contributed by atoms with van der Waals surface area (Å²) < 4.78 is 1.51. The van der Waals surface area contributed by atoms with Gasteiger partial charge in [0.2, 0.25) is 0 Å². The molecule has 2 rings (SSSR count). The number of aromatic carboxylic acids is 1. The number of amides is 2. The molecule has 1 heterocycles. The molecule has 0 fully saturated rings. The quantitative estimate of drug-likeness (QED) is 0.806. The molecule has 0 unspecified atom stereocenters. The highest BCUT2D eigenvalue weighted by molar-refractivity contribution is 6.37. The van der Waals surface area contributed by atoms with Crippen molar-refractivity contribution in [2.24, 2.45) is 7.05 Å². The monoisotopic (exact) mass is 328 g/mol. The summed E-state index contributed by atoms with van der Waals surface area (Å²) in [6.07, 6.45) is 3.03. The molecule has 110 valence electrons. The first-order valence-electron chi connectivity index (χ1n) is 5.66. The molecule has 0 bridgehead atoms. The number of halogens is 2. The molecule has 0 aliphatic rings. The highest BCUT2D eigenvalue weighted by Gasteiger charge is 2.17. The van der Waals surface area contributed by atoms with Crippen molar-refractivity contribution in [2.45, 2.75) is 0 Å².